The summed E-state index contributed by atoms with van der Waals surface area (Å²) in [6.45, 7) is 2.39. The van der Waals surface area contributed by atoms with Crippen LogP contribution in [0.2, 0.25) is 0 Å². The van der Waals surface area contributed by atoms with E-state index in [-0.39, 0.29) is 23.8 Å². The molecule has 1 unspecified atom stereocenters. The van der Waals surface area contributed by atoms with Gasteiger partial charge in [-0.05, 0) is 31.7 Å². The summed E-state index contributed by atoms with van der Waals surface area (Å²) in [5.74, 6) is 2.40. The van der Waals surface area contributed by atoms with E-state index >= 15 is 0 Å². The van der Waals surface area contributed by atoms with Crippen LogP contribution in [0.1, 0.15) is 55.4 Å². The van der Waals surface area contributed by atoms with Crippen LogP contribution in [0.4, 0.5) is 0 Å². The average Bonchev–Trinajstić information content (AvgIpc) is 3.04. The summed E-state index contributed by atoms with van der Waals surface area (Å²) >= 11 is 0. The highest BCUT2D eigenvalue weighted by atomic mass is 16.2. The predicted octanol–water partition coefficient (Wildman–Crippen LogP) is 2.19. The maximum Gasteiger partial charge on any atom is 0.272 e. The summed E-state index contributed by atoms with van der Waals surface area (Å²) in [4.78, 5) is 27.0. The lowest BCUT2D eigenvalue weighted by atomic mass is 9.96. The lowest BCUT2D eigenvalue weighted by molar-refractivity contribution is -0.131. The standard InChI is InChI=1S/C22H26N6O2/c29-20(13-18-16-8-3-4-9-17(16)22(30)26-23-18)27-11-6-7-15(14-27)21-25-24-19-10-2-1-5-12-28(19)21/h3-4,8-9,15H,1-2,5-7,10-14H2,(H,26,30). The molecule has 0 radical (unpaired) electrons. The quantitative estimate of drug-likeness (QED) is 0.719. The number of nitrogens with zero attached hydrogens (tertiary/aromatic N) is 5. The minimum atomic E-state index is -0.229. The van der Waals surface area contributed by atoms with Gasteiger partial charge in [-0.25, -0.2) is 5.10 Å². The first-order valence-corrected chi connectivity index (χ1v) is 10.9. The van der Waals surface area contributed by atoms with Crippen LogP contribution in [0.15, 0.2) is 29.1 Å². The molecule has 0 saturated carbocycles. The van der Waals surface area contributed by atoms with Crippen molar-refractivity contribution in [3.8, 4) is 0 Å². The lowest BCUT2D eigenvalue weighted by Gasteiger charge is -2.32. The van der Waals surface area contributed by atoms with Crippen molar-refractivity contribution in [2.45, 2.75) is 57.4 Å². The van der Waals surface area contributed by atoms with Gasteiger partial charge in [0.1, 0.15) is 11.6 Å². The number of hydrogen-bond donors (Lipinski definition) is 1. The summed E-state index contributed by atoms with van der Waals surface area (Å²) in [5.41, 5.74) is 0.390. The maximum absolute atomic E-state index is 13.1. The van der Waals surface area contributed by atoms with Crippen LogP contribution in [-0.4, -0.2) is 48.9 Å². The molecule has 1 amide bonds. The summed E-state index contributed by atoms with van der Waals surface area (Å²) in [6.07, 6.45) is 6.74. The second-order valence-corrected chi connectivity index (χ2v) is 8.34. The Labute approximate surface area is 174 Å². The molecule has 156 valence electrons. The molecule has 2 aliphatic heterocycles. The van der Waals surface area contributed by atoms with Gasteiger partial charge < -0.3 is 9.47 Å². The number of benzene rings is 1. The molecular formula is C22H26N6O2. The Balaban J connectivity index is 1.35. The number of rotatable bonds is 3. The van der Waals surface area contributed by atoms with Gasteiger partial charge in [0, 0.05) is 37.4 Å². The zero-order chi connectivity index (χ0) is 20.5. The number of fused-ring (bicyclic) bond motifs is 2. The van der Waals surface area contributed by atoms with Gasteiger partial charge in [-0.3, -0.25) is 9.59 Å². The largest absolute Gasteiger partial charge is 0.342 e. The third-order valence-corrected chi connectivity index (χ3v) is 6.37. The number of likely N-dealkylation sites (tertiary alicyclic amines) is 1. The minimum absolute atomic E-state index is 0.0417. The number of amides is 1. The molecule has 8 heteroatoms. The van der Waals surface area contributed by atoms with Crippen molar-refractivity contribution in [3.05, 3.63) is 52.0 Å². The van der Waals surface area contributed by atoms with Crippen LogP contribution >= 0.6 is 0 Å². The molecule has 1 atom stereocenters. The van der Waals surface area contributed by atoms with Gasteiger partial charge in [0.2, 0.25) is 5.91 Å². The predicted molar refractivity (Wildman–Crippen MR) is 112 cm³/mol. The molecule has 1 saturated heterocycles. The Bertz CT molecular complexity index is 1130. The van der Waals surface area contributed by atoms with E-state index in [9.17, 15) is 9.59 Å². The Kier molecular flexibility index (Phi) is 5.06. The van der Waals surface area contributed by atoms with E-state index in [0.717, 1.165) is 49.4 Å². The molecule has 1 fully saturated rings. The second kappa shape index (κ2) is 8.01. The fourth-order valence-corrected chi connectivity index (χ4v) is 4.79. The lowest BCUT2D eigenvalue weighted by Crippen LogP contribution is -2.40. The number of carbonyl (C=O) groups is 1. The summed E-state index contributed by atoms with van der Waals surface area (Å²) < 4.78 is 2.29. The number of aromatic amines is 1. The van der Waals surface area contributed by atoms with Gasteiger partial charge in [-0.2, -0.15) is 5.10 Å². The Hall–Kier alpha value is -3.03. The molecule has 0 spiro atoms. The SMILES string of the molecule is O=C(Cc1n[nH]c(=O)c2ccccc12)N1CCCC(c2nnc3n2CCCCC3)C1. The van der Waals surface area contributed by atoms with E-state index in [1.165, 1.54) is 19.3 Å². The van der Waals surface area contributed by atoms with Gasteiger partial charge in [-0.15, -0.1) is 10.2 Å². The van der Waals surface area contributed by atoms with Crippen molar-refractivity contribution in [3.63, 3.8) is 0 Å². The normalized spacial score (nSPS) is 19.5. The monoisotopic (exact) mass is 406 g/mol. The molecule has 4 heterocycles. The minimum Gasteiger partial charge on any atom is -0.342 e. The number of H-pyrrole nitrogens is 1. The van der Waals surface area contributed by atoms with E-state index in [1.54, 1.807) is 6.07 Å². The van der Waals surface area contributed by atoms with Gasteiger partial charge in [0.15, 0.2) is 0 Å². The Morgan fingerprint density at radius 3 is 2.83 bits per heavy atom. The molecule has 30 heavy (non-hydrogen) atoms. The zero-order valence-electron chi connectivity index (χ0n) is 17.0. The van der Waals surface area contributed by atoms with Gasteiger partial charge in [0.05, 0.1) is 17.5 Å². The molecule has 3 aromatic rings. The molecule has 8 nitrogen and oxygen atoms in total. The van der Waals surface area contributed by atoms with Crippen molar-refractivity contribution in [2.75, 3.05) is 13.1 Å². The number of carbonyl (C=O) groups excluding carboxylic acids is 1. The highest BCUT2D eigenvalue weighted by Gasteiger charge is 2.29. The Morgan fingerprint density at radius 2 is 1.93 bits per heavy atom. The molecule has 0 bridgehead atoms. The third kappa shape index (κ3) is 3.51. The van der Waals surface area contributed by atoms with Crippen molar-refractivity contribution in [1.29, 1.82) is 0 Å². The van der Waals surface area contributed by atoms with Crippen LogP contribution in [0, 0.1) is 0 Å². The molecule has 5 rings (SSSR count). The van der Waals surface area contributed by atoms with Crippen molar-refractivity contribution in [1.82, 2.24) is 29.9 Å². The number of aromatic nitrogens is 5. The van der Waals surface area contributed by atoms with E-state index in [2.05, 4.69) is 25.0 Å². The van der Waals surface area contributed by atoms with Crippen LogP contribution in [0.3, 0.4) is 0 Å². The van der Waals surface area contributed by atoms with E-state index in [0.29, 0.717) is 17.6 Å². The number of nitrogens with one attached hydrogen (secondary N) is 1. The van der Waals surface area contributed by atoms with Crippen LogP contribution in [0.5, 0.6) is 0 Å². The average molecular weight is 406 g/mol. The fraction of sp³-hybridized carbons (Fsp3) is 0.500. The third-order valence-electron chi connectivity index (χ3n) is 6.37. The first-order valence-electron chi connectivity index (χ1n) is 10.9. The van der Waals surface area contributed by atoms with Crippen LogP contribution in [0.25, 0.3) is 10.8 Å². The molecule has 0 aliphatic carbocycles. The molecule has 1 aromatic carbocycles. The highest BCUT2D eigenvalue weighted by molar-refractivity contribution is 5.88. The van der Waals surface area contributed by atoms with Crippen LogP contribution < -0.4 is 5.56 Å². The van der Waals surface area contributed by atoms with Gasteiger partial charge in [0.25, 0.3) is 5.56 Å². The highest BCUT2D eigenvalue weighted by Crippen LogP contribution is 2.28. The van der Waals surface area contributed by atoms with E-state index in [4.69, 9.17) is 0 Å². The summed E-state index contributed by atoms with van der Waals surface area (Å²) in [6, 6.07) is 7.30. The van der Waals surface area contributed by atoms with Gasteiger partial charge in [-0.1, -0.05) is 24.6 Å². The van der Waals surface area contributed by atoms with Crippen molar-refractivity contribution >= 4 is 16.7 Å². The second-order valence-electron chi connectivity index (χ2n) is 8.34. The number of hydrogen-bond acceptors (Lipinski definition) is 5. The van der Waals surface area contributed by atoms with E-state index in [1.807, 2.05) is 23.1 Å². The number of aryl methyl sites for hydroxylation is 1. The molecule has 1 N–H and O–H groups in total. The molecule has 2 aromatic heterocycles. The van der Waals surface area contributed by atoms with Crippen LogP contribution in [-0.2, 0) is 24.2 Å². The first-order chi connectivity index (χ1) is 14.7. The fourth-order valence-electron chi connectivity index (χ4n) is 4.79. The topological polar surface area (TPSA) is 96.8 Å². The van der Waals surface area contributed by atoms with Crippen molar-refractivity contribution in [2.24, 2.45) is 0 Å². The van der Waals surface area contributed by atoms with E-state index < -0.39 is 0 Å². The maximum atomic E-state index is 13.1. The zero-order valence-corrected chi connectivity index (χ0v) is 17.0. The van der Waals surface area contributed by atoms with Gasteiger partial charge >= 0.3 is 0 Å². The molecule has 2 aliphatic rings. The number of piperidine rings is 1. The Morgan fingerprint density at radius 1 is 1.07 bits per heavy atom. The summed E-state index contributed by atoms with van der Waals surface area (Å²) in [5, 5.41) is 17.0. The molecular weight excluding hydrogens is 380 g/mol. The summed E-state index contributed by atoms with van der Waals surface area (Å²) in [7, 11) is 0. The first kappa shape index (κ1) is 19.0. The smallest absolute Gasteiger partial charge is 0.272 e. The van der Waals surface area contributed by atoms with Crippen molar-refractivity contribution < 1.29 is 4.79 Å².